The van der Waals surface area contributed by atoms with Crippen molar-refractivity contribution in [1.29, 1.82) is 0 Å². The molecule has 1 atom stereocenters. The Bertz CT molecular complexity index is 337. The third kappa shape index (κ3) is 1.28. The van der Waals surface area contributed by atoms with Gasteiger partial charge in [0.15, 0.2) is 0 Å². The van der Waals surface area contributed by atoms with Crippen molar-refractivity contribution in [2.24, 2.45) is 0 Å². The second kappa shape index (κ2) is 3.23. The van der Waals surface area contributed by atoms with Crippen LogP contribution in [0.25, 0.3) is 0 Å². The number of carbonyl (C=O) groups excluding carboxylic acids is 1. The minimum atomic E-state index is 0.243. The number of amides is 1. The molecule has 2 aliphatic heterocycles. The van der Waals surface area contributed by atoms with Crippen molar-refractivity contribution >= 4 is 5.91 Å². The number of hydrogen-bond donors (Lipinski definition) is 1. The zero-order valence-corrected chi connectivity index (χ0v) is 9.12. The Kier molecular flexibility index (Phi) is 1.99. The molecule has 3 rings (SSSR count). The molecule has 0 aromatic heterocycles. The first-order valence-electron chi connectivity index (χ1n) is 5.81. The summed E-state index contributed by atoms with van der Waals surface area (Å²) in [5, 5.41) is 7.44. The fourth-order valence-electron chi connectivity index (χ4n) is 2.64. The summed E-state index contributed by atoms with van der Waals surface area (Å²) < 4.78 is 0. The third-order valence-corrected chi connectivity index (χ3v) is 3.75. The topological polar surface area (TPSA) is 35.6 Å². The molecule has 0 radical (unpaired) electrons. The number of hydrazine groups is 1. The number of nitrogens with one attached hydrogen (secondary N) is 1. The zero-order valence-electron chi connectivity index (χ0n) is 9.12. The first-order chi connectivity index (χ1) is 7.27. The summed E-state index contributed by atoms with van der Waals surface area (Å²) in [7, 11) is 0. The van der Waals surface area contributed by atoms with Gasteiger partial charge in [-0.2, -0.15) is 0 Å². The van der Waals surface area contributed by atoms with Gasteiger partial charge in [0, 0.05) is 23.9 Å². The molecule has 0 aromatic carbocycles. The second-order valence-corrected chi connectivity index (χ2v) is 4.65. The van der Waals surface area contributed by atoms with Crippen molar-refractivity contribution in [3.63, 3.8) is 0 Å². The number of allylic oxidation sites excluding steroid dienone is 1. The van der Waals surface area contributed by atoms with Crippen LogP contribution in [0.15, 0.2) is 11.3 Å². The van der Waals surface area contributed by atoms with Crippen LogP contribution in [0.4, 0.5) is 0 Å². The van der Waals surface area contributed by atoms with Crippen LogP contribution < -0.4 is 5.32 Å². The zero-order chi connectivity index (χ0) is 10.4. The Hall–Kier alpha value is -1.03. The van der Waals surface area contributed by atoms with Crippen molar-refractivity contribution < 1.29 is 4.79 Å². The molecule has 4 heteroatoms. The van der Waals surface area contributed by atoms with Gasteiger partial charge in [-0.15, -0.1) is 0 Å². The van der Waals surface area contributed by atoms with Crippen LogP contribution in [0.3, 0.4) is 0 Å². The Morgan fingerprint density at radius 2 is 2.27 bits per heavy atom. The van der Waals surface area contributed by atoms with Gasteiger partial charge >= 0.3 is 0 Å². The van der Waals surface area contributed by atoms with Crippen LogP contribution in [0.5, 0.6) is 0 Å². The van der Waals surface area contributed by atoms with E-state index in [9.17, 15) is 4.79 Å². The molecule has 0 spiro atoms. The first kappa shape index (κ1) is 9.21. The molecule has 0 bridgehead atoms. The molecule has 2 heterocycles. The summed E-state index contributed by atoms with van der Waals surface area (Å²) in [6.45, 7) is 3.87. The highest BCUT2D eigenvalue weighted by molar-refractivity contribution is 5.95. The van der Waals surface area contributed by atoms with Gasteiger partial charge in [0.1, 0.15) is 6.67 Å². The normalized spacial score (nSPS) is 31.4. The number of hydrogen-bond acceptors (Lipinski definition) is 3. The number of rotatable bonds is 1. The molecule has 15 heavy (non-hydrogen) atoms. The van der Waals surface area contributed by atoms with Crippen LogP contribution in [-0.4, -0.2) is 35.2 Å². The summed E-state index contributed by atoms with van der Waals surface area (Å²) in [5.74, 6) is 0.243. The Labute approximate surface area is 89.9 Å². The van der Waals surface area contributed by atoms with E-state index in [2.05, 4.69) is 17.2 Å². The predicted molar refractivity (Wildman–Crippen MR) is 56.5 cm³/mol. The smallest absolute Gasteiger partial charge is 0.267 e. The third-order valence-electron chi connectivity index (χ3n) is 3.75. The summed E-state index contributed by atoms with van der Waals surface area (Å²) in [6.07, 6.45) is 4.35. The molecule has 3 aliphatic rings. The van der Waals surface area contributed by atoms with Crippen LogP contribution in [0, 0.1) is 0 Å². The van der Waals surface area contributed by atoms with Crippen molar-refractivity contribution in [3.05, 3.63) is 11.3 Å². The molecule has 0 aromatic rings. The van der Waals surface area contributed by atoms with Gasteiger partial charge in [-0.3, -0.25) is 9.80 Å². The quantitative estimate of drug-likeness (QED) is 0.691. The van der Waals surface area contributed by atoms with Gasteiger partial charge in [-0.05, 0) is 32.6 Å². The molecular formula is C11H17N3O. The molecule has 82 valence electrons. The van der Waals surface area contributed by atoms with Crippen molar-refractivity contribution in [3.8, 4) is 0 Å². The maximum Gasteiger partial charge on any atom is 0.267 e. The van der Waals surface area contributed by atoms with Crippen molar-refractivity contribution in [2.45, 2.75) is 38.6 Å². The number of carbonyl (C=O) groups is 1. The first-order valence-corrected chi connectivity index (χ1v) is 5.81. The number of nitrogens with zero attached hydrogens (tertiary/aromatic N) is 2. The highest BCUT2D eigenvalue weighted by Gasteiger charge is 2.37. The van der Waals surface area contributed by atoms with Crippen molar-refractivity contribution in [1.82, 2.24) is 15.3 Å². The lowest BCUT2D eigenvalue weighted by Crippen LogP contribution is -2.61. The molecule has 1 fully saturated rings. The molecule has 1 saturated heterocycles. The molecule has 4 nitrogen and oxygen atoms in total. The van der Waals surface area contributed by atoms with E-state index >= 15 is 0 Å². The molecular weight excluding hydrogens is 190 g/mol. The van der Waals surface area contributed by atoms with E-state index < -0.39 is 0 Å². The van der Waals surface area contributed by atoms with E-state index in [-0.39, 0.29) is 5.91 Å². The van der Waals surface area contributed by atoms with Crippen LogP contribution in [0.2, 0.25) is 0 Å². The molecule has 1 aliphatic carbocycles. The predicted octanol–water partition coefficient (Wildman–Crippen LogP) is 0.823. The van der Waals surface area contributed by atoms with Gasteiger partial charge in [-0.25, -0.2) is 5.01 Å². The van der Waals surface area contributed by atoms with Gasteiger partial charge in [0.2, 0.25) is 0 Å². The minimum Gasteiger partial charge on any atom is -0.370 e. The average molecular weight is 207 g/mol. The van der Waals surface area contributed by atoms with E-state index in [1.807, 2.05) is 5.01 Å². The molecule has 0 unspecified atom stereocenters. The Morgan fingerprint density at radius 3 is 2.93 bits per heavy atom. The lowest BCUT2D eigenvalue weighted by Gasteiger charge is -2.47. The van der Waals surface area contributed by atoms with Crippen LogP contribution in [-0.2, 0) is 4.79 Å². The van der Waals surface area contributed by atoms with Gasteiger partial charge < -0.3 is 5.32 Å². The largest absolute Gasteiger partial charge is 0.370 e. The summed E-state index contributed by atoms with van der Waals surface area (Å²) >= 11 is 0. The lowest BCUT2D eigenvalue weighted by atomic mass is 10.1. The van der Waals surface area contributed by atoms with E-state index in [0.717, 1.165) is 31.4 Å². The van der Waals surface area contributed by atoms with E-state index in [4.69, 9.17) is 0 Å². The summed E-state index contributed by atoms with van der Waals surface area (Å²) in [6, 6.07) is 0.527. The van der Waals surface area contributed by atoms with E-state index in [1.165, 1.54) is 12.1 Å². The Morgan fingerprint density at radius 1 is 1.40 bits per heavy atom. The van der Waals surface area contributed by atoms with Crippen molar-refractivity contribution in [2.75, 3.05) is 13.2 Å². The van der Waals surface area contributed by atoms with Crippen LogP contribution >= 0.6 is 0 Å². The van der Waals surface area contributed by atoms with Crippen LogP contribution in [0.1, 0.15) is 32.6 Å². The SMILES string of the molecule is C[C@H]1CCN1N1CNC2=C(CCC2)C1=O. The highest BCUT2D eigenvalue weighted by Crippen LogP contribution is 2.30. The molecule has 1 N–H and O–H groups in total. The fraction of sp³-hybridized carbons (Fsp3) is 0.727. The standard InChI is InChI=1S/C11H17N3O/c1-8-5-6-13(8)14-7-12-10-4-2-3-9(10)11(14)15/h8,12H,2-7H2,1H3/t8-/m0/s1. The van der Waals surface area contributed by atoms with E-state index in [1.54, 1.807) is 0 Å². The molecule has 1 amide bonds. The lowest BCUT2D eigenvalue weighted by molar-refractivity contribution is -0.164. The summed E-state index contributed by atoms with van der Waals surface area (Å²) in [5.41, 5.74) is 2.23. The van der Waals surface area contributed by atoms with Gasteiger partial charge in [0.25, 0.3) is 5.91 Å². The molecule has 0 saturated carbocycles. The average Bonchev–Trinajstić information content (AvgIpc) is 2.68. The van der Waals surface area contributed by atoms with Gasteiger partial charge in [0.05, 0.1) is 0 Å². The maximum atomic E-state index is 12.2. The minimum absolute atomic E-state index is 0.243. The van der Waals surface area contributed by atoms with E-state index in [0.29, 0.717) is 12.7 Å². The van der Waals surface area contributed by atoms with Gasteiger partial charge in [-0.1, -0.05) is 0 Å². The second-order valence-electron chi connectivity index (χ2n) is 4.65. The summed E-state index contributed by atoms with van der Waals surface area (Å²) in [4.78, 5) is 12.2. The maximum absolute atomic E-state index is 12.2. The highest BCUT2D eigenvalue weighted by atomic mass is 16.2. The monoisotopic (exact) mass is 207 g/mol. The Balaban J connectivity index is 1.80. The fourth-order valence-corrected chi connectivity index (χ4v) is 2.64.